The van der Waals surface area contributed by atoms with Crippen LogP contribution in [0.15, 0.2) is 6.07 Å². The van der Waals surface area contributed by atoms with Crippen LogP contribution in [0.4, 0.5) is 0 Å². The molecule has 2 heterocycles. The van der Waals surface area contributed by atoms with E-state index in [1.807, 2.05) is 18.0 Å². The molecule has 114 valence electrons. The van der Waals surface area contributed by atoms with Crippen LogP contribution in [-0.2, 0) is 6.42 Å². The lowest BCUT2D eigenvalue weighted by molar-refractivity contribution is 0.0681. The summed E-state index contributed by atoms with van der Waals surface area (Å²) in [4.78, 5) is 14.2. The predicted molar refractivity (Wildman–Crippen MR) is 82.4 cm³/mol. The SMILES string of the molecule is CCc1cc(C(=O)N2CCC(CCNC)CC2)n[nH]1.Cl. The lowest BCUT2D eigenvalue weighted by Crippen LogP contribution is -2.39. The Morgan fingerprint density at radius 3 is 2.75 bits per heavy atom. The molecule has 2 rings (SSSR count). The normalized spacial score (nSPS) is 16.0. The van der Waals surface area contributed by atoms with Crippen LogP contribution in [0.5, 0.6) is 0 Å². The highest BCUT2D eigenvalue weighted by Crippen LogP contribution is 2.21. The van der Waals surface area contributed by atoms with Crippen LogP contribution in [0.3, 0.4) is 0 Å². The average Bonchev–Trinajstić information content (AvgIpc) is 2.94. The van der Waals surface area contributed by atoms with Crippen LogP contribution < -0.4 is 5.32 Å². The number of H-pyrrole nitrogens is 1. The minimum atomic E-state index is 0. The number of hydrogen-bond acceptors (Lipinski definition) is 3. The molecule has 0 radical (unpaired) electrons. The van der Waals surface area contributed by atoms with Gasteiger partial charge in [0.15, 0.2) is 0 Å². The number of rotatable bonds is 5. The molecule has 0 aromatic carbocycles. The van der Waals surface area contributed by atoms with Crippen molar-refractivity contribution in [3.05, 3.63) is 17.5 Å². The van der Waals surface area contributed by atoms with Crippen molar-refractivity contribution in [2.45, 2.75) is 32.6 Å². The fraction of sp³-hybridized carbons (Fsp3) is 0.714. The number of aromatic nitrogens is 2. The first-order valence-electron chi connectivity index (χ1n) is 7.22. The Kier molecular flexibility index (Phi) is 7.02. The van der Waals surface area contributed by atoms with E-state index in [1.54, 1.807) is 0 Å². The van der Waals surface area contributed by atoms with Gasteiger partial charge in [-0.3, -0.25) is 9.89 Å². The number of piperidine rings is 1. The van der Waals surface area contributed by atoms with E-state index in [0.717, 1.165) is 50.5 Å². The van der Waals surface area contributed by atoms with E-state index in [9.17, 15) is 4.79 Å². The van der Waals surface area contributed by atoms with Crippen molar-refractivity contribution < 1.29 is 4.79 Å². The molecule has 1 saturated heterocycles. The maximum Gasteiger partial charge on any atom is 0.274 e. The number of halogens is 1. The second-order valence-electron chi connectivity index (χ2n) is 5.26. The van der Waals surface area contributed by atoms with Gasteiger partial charge in [0.2, 0.25) is 0 Å². The van der Waals surface area contributed by atoms with Gasteiger partial charge in [-0.15, -0.1) is 12.4 Å². The number of nitrogens with one attached hydrogen (secondary N) is 2. The highest BCUT2D eigenvalue weighted by molar-refractivity contribution is 5.92. The van der Waals surface area contributed by atoms with Crippen LogP contribution in [0.2, 0.25) is 0 Å². The van der Waals surface area contributed by atoms with Crippen LogP contribution in [-0.4, -0.2) is 47.7 Å². The second kappa shape index (κ2) is 8.27. The fourth-order valence-corrected chi connectivity index (χ4v) is 2.59. The molecule has 1 aliphatic rings. The zero-order valence-corrected chi connectivity index (χ0v) is 13.1. The van der Waals surface area contributed by atoms with Crippen molar-refractivity contribution in [3.63, 3.8) is 0 Å². The molecule has 20 heavy (non-hydrogen) atoms. The minimum Gasteiger partial charge on any atom is -0.337 e. The van der Waals surface area contributed by atoms with Gasteiger partial charge in [-0.2, -0.15) is 5.10 Å². The fourth-order valence-electron chi connectivity index (χ4n) is 2.59. The summed E-state index contributed by atoms with van der Waals surface area (Å²) in [5.74, 6) is 0.824. The summed E-state index contributed by atoms with van der Waals surface area (Å²) >= 11 is 0. The van der Waals surface area contributed by atoms with Gasteiger partial charge in [0.1, 0.15) is 5.69 Å². The number of aryl methyl sites for hydroxylation is 1. The molecule has 0 saturated carbocycles. The van der Waals surface area contributed by atoms with Crippen LogP contribution >= 0.6 is 12.4 Å². The van der Waals surface area contributed by atoms with Gasteiger partial charge in [-0.1, -0.05) is 6.92 Å². The Morgan fingerprint density at radius 2 is 2.20 bits per heavy atom. The summed E-state index contributed by atoms with van der Waals surface area (Å²) in [5, 5.41) is 10.2. The van der Waals surface area contributed by atoms with Crippen LogP contribution in [0.25, 0.3) is 0 Å². The molecular formula is C14H25ClN4O. The predicted octanol–water partition coefficient (Wildman–Crippen LogP) is 1.86. The third-order valence-corrected chi connectivity index (χ3v) is 3.94. The summed E-state index contributed by atoms with van der Waals surface area (Å²) in [6.07, 6.45) is 4.31. The summed E-state index contributed by atoms with van der Waals surface area (Å²) in [7, 11) is 1.99. The molecule has 5 nitrogen and oxygen atoms in total. The van der Waals surface area contributed by atoms with Crippen LogP contribution in [0, 0.1) is 5.92 Å². The first-order valence-corrected chi connectivity index (χ1v) is 7.22. The van der Waals surface area contributed by atoms with Crippen molar-refractivity contribution in [1.29, 1.82) is 0 Å². The largest absolute Gasteiger partial charge is 0.337 e. The Morgan fingerprint density at radius 1 is 1.50 bits per heavy atom. The van der Waals surface area contributed by atoms with Crippen molar-refractivity contribution in [3.8, 4) is 0 Å². The van der Waals surface area contributed by atoms with E-state index < -0.39 is 0 Å². The Labute approximate surface area is 126 Å². The van der Waals surface area contributed by atoms with Gasteiger partial charge in [-0.05, 0) is 51.3 Å². The first kappa shape index (κ1) is 17.0. The summed E-state index contributed by atoms with van der Waals surface area (Å²) in [6.45, 7) is 4.84. The van der Waals surface area contributed by atoms with Crippen molar-refractivity contribution in [2.75, 3.05) is 26.7 Å². The summed E-state index contributed by atoms with van der Waals surface area (Å²) < 4.78 is 0. The van der Waals surface area contributed by atoms with E-state index >= 15 is 0 Å². The van der Waals surface area contributed by atoms with Crippen molar-refractivity contribution >= 4 is 18.3 Å². The quantitative estimate of drug-likeness (QED) is 0.872. The summed E-state index contributed by atoms with van der Waals surface area (Å²) in [6, 6.07) is 1.87. The molecule has 1 fully saturated rings. The van der Waals surface area contributed by atoms with Gasteiger partial charge < -0.3 is 10.2 Å². The highest BCUT2D eigenvalue weighted by atomic mass is 35.5. The maximum absolute atomic E-state index is 12.3. The van der Waals surface area contributed by atoms with E-state index in [-0.39, 0.29) is 18.3 Å². The minimum absolute atomic E-state index is 0. The van der Waals surface area contributed by atoms with E-state index in [0.29, 0.717) is 5.69 Å². The standard InChI is InChI=1S/C14H24N4O.ClH/c1-3-12-10-13(17-16-12)14(19)18-8-5-11(6-9-18)4-7-15-2;/h10-11,15H,3-9H2,1-2H3,(H,16,17);1H. The Bertz CT molecular complexity index is 413. The molecular weight excluding hydrogens is 276 g/mol. The number of nitrogens with zero attached hydrogens (tertiary/aromatic N) is 2. The molecule has 6 heteroatoms. The van der Waals surface area contributed by atoms with Gasteiger partial charge in [-0.25, -0.2) is 0 Å². The van der Waals surface area contributed by atoms with Gasteiger partial charge in [0.05, 0.1) is 0 Å². The van der Waals surface area contributed by atoms with Gasteiger partial charge >= 0.3 is 0 Å². The second-order valence-corrected chi connectivity index (χ2v) is 5.26. The van der Waals surface area contributed by atoms with E-state index in [1.165, 1.54) is 6.42 Å². The van der Waals surface area contributed by atoms with Crippen LogP contribution in [0.1, 0.15) is 42.4 Å². The first-order chi connectivity index (χ1) is 9.24. The molecule has 0 aliphatic carbocycles. The number of hydrogen-bond donors (Lipinski definition) is 2. The van der Waals surface area contributed by atoms with E-state index in [4.69, 9.17) is 0 Å². The molecule has 2 N–H and O–H groups in total. The lowest BCUT2D eigenvalue weighted by Gasteiger charge is -2.31. The topological polar surface area (TPSA) is 61.0 Å². The molecule has 1 aromatic heterocycles. The molecule has 0 unspecified atom stereocenters. The number of carbonyl (C=O) groups excluding carboxylic acids is 1. The third kappa shape index (κ3) is 4.21. The van der Waals surface area contributed by atoms with Gasteiger partial charge in [0.25, 0.3) is 5.91 Å². The number of amides is 1. The van der Waals surface area contributed by atoms with Gasteiger partial charge in [0, 0.05) is 18.8 Å². The summed E-state index contributed by atoms with van der Waals surface area (Å²) in [5.41, 5.74) is 1.58. The van der Waals surface area contributed by atoms with Crippen molar-refractivity contribution in [2.24, 2.45) is 5.92 Å². The third-order valence-electron chi connectivity index (χ3n) is 3.94. The molecule has 1 amide bonds. The highest BCUT2D eigenvalue weighted by Gasteiger charge is 2.24. The Hall–Kier alpha value is -1.07. The maximum atomic E-state index is 12.3. The number of aromatic amines is 1. The number of carbonyl (C=O) groups is 1. The molecule has 0 bridgehead atoms. The monoisotopic (exact) mass is 300 g/mol. The Balaban J connectivity index is 0.00000200. The molecule has 0 atom stereocenters. The molecule has 1 aliphatic heterocycles. The zero-order chi connectivity index (χ0) is 13.7. The number of likely N-dealkylation sites (tertiary alicyclic amines) is 1. The lowest BCUT2D eigenvalue weighted by atomic mass is 9.93. The zero-order valence-electron chi connectivity index (χ0n) is 12.3. The smallest absolute Gasteiger partial charge is 0.274 e. The molecule has 0 spiro atoms. The van der Waals surface area contributed by atoms with Crippen molar-refractivity contribution in [1.82, 2.24) is 20.4 Å². The average molecular weight is 301 g/mol. The van der Waals surface area contributed by atoms with E-state index in [2.05, 4.69) is 22.4 Å². The molecule has 1 aromatic rings.